The summed E-state index contributed by atoms with van der Waals surface area (Å²) < 4.78 is 40.5. The molecule has 1 heterocycles. The second-order valence-corrected chi connectivity index (χ2v) is 13.3. The van der Waals surface area contributed by atoms with Crippen LogP contribution in [0.4, 0.5) is 0 Å². The normalized spacial score (nSPS) is 14.1. The first-order valence-electron chi connectivity index (χ1n) is 15.3. The molecule has 1 saturated carbocycles. The van der Waals surface area contributed by atoms with E-state index in [0.29, 0.717) is 23.3 Å². The van der Waals surface area contributed by atoms with Gasteiger partial charge < -0.3 is 14.5 Å². The molecule has 0 spiro atoms. The van der Waals surface area contributed by atoms with Gasteiger partial charge in [-0.3, -0.25) is 0 Å². The first kappa shape index (κ1) is 29.9. The van der Waals surface area contributed by atoms with Gasteiger partial charge in [0.1, 0.15) is 17.3 Å². The Kier molecular flexibility index (Phi) is 9.56. The van der Waals surface area contributed by atoms with E-state index in [-0.39, 0.29) is 18.0 Å². The zero-order valence-electron chi connectivity index (χ0n) is 24.8. The fourth-order valence-corrected chi connectivity index (χ4v) is 7.04. The standard InChI is InChI=1S/C37H38N2O4S/c40-44(41,37-23-21-35(22-24-37)43-34-10-5-2-6-11-34)39(28-36-12-7-25-42-36)27-30-15-19-32(20-16-30)31-17-13-29(14-18-31)26-38-33-8-3-1-4-9-33/h2,5-7,10-25,33,38H,1,3-4,8-9,26-28H2. The number of hydrogen-bond acceptors (Lipinski definition) is 5. The topological polar surface area (TPSA) is 71.8 Å². The van der Waals surface area contributed by atoms with Crippen LogP contribution in [-0.2, 0) is 29.7 Å². The largest absolute Gasteiger partial charge is 0.468 e. The lowest BCUT2D eigenvalue weighted by Crippen LogP contribution is -2.30. The number of sulfonamides is 1. The van der Waals surface area contributed by atoms with Gasteiger partial charge >= 0.3 is 0 Å². The summed E-state index contributed by atoms with van der Waals surface area (Å²) in [7, 11) is -3.83. The SMILES string of the molecule is O=S(=O)(c1ccc(Oc2ccccc2)cc1)N(Cc1ccc(-c2ccc(CNC3CCCCC3)cc2)cc1)Cc1ccco1. The fraction of sp³-hybridized carbons (Fsp3) is 0.243. The lowest BCUT2D eigenvalue weighted by atomic mass is 9.95. The zero-order chi connectivity index (χ0) is 30.2. The number of para-hydroxylation sites is 1. The predicted molar refractivity (Wildman–Crippen MR) is 174 cm³/mol. The number of furan rings is 1. The Morgan fingerprint density at radius 1 is 0.682 bits per heavy atom. The molecule has 1 fully saturated rings. The summed E-state index contributed by atoms with van der Waals surface area (Å²) in [5.41, 5.74) is 4.40. The van der Waals surface area contributed by atoms with E-state index < -0.39 is 10.0 Å². The van der Waals surface area contributed by atoms with E-state index >= 15 is 0 Å². The molecule has 0 saturated heterocycles. The Labute approximate surface area is 260 Å². The molecule has 1 N–H and O–H groups in total. The first-order valence-corrected chi connectivity index (χ1v) is 16.7. The third-order valence-corrected chi connectivity index (χ3v) is 9.96. The van der Waals surface area contributed by atoms with Gasteiger partial charge in [-0.25, -0.2) is 8.42 Å². The number of ether oxygens (including phenoxy) is 1. The highest BCUT2D eigenvalue weighted by molar-refractivity contribution is 7.89. The molecule has 6 rings (SSSR count). The van der Waals surface area contributed by atoms with Crippen LogP contribution in [0, 0.1) is 0 Å². The fourth-order valence-electron chi connectivity index (χ4n) is 5.65. The smallest absolute Gasteiger partial charge is 0.243 e. The van der Waals surface area contributed by atoms with Crippen molar-refractivity contribution >= 4 is 10.0 Å². The minimum absolute atomic E-state index is 0.121. The van der Waals surface area contributed by atoms with Crippen molar-refractivity contribution in [2.75, 3.05) is 0 Å². The van der Waals surface area contributed by atoms with E-state index in [1.165, 1.54) is 42.0 Å². The van der Waals surface area contributed by atoms with Crippen LogP contribution in [0.15, 0.2) is 131 Å². The average Bonchev–Trinajstić information content (AvgIpc) is 3.59. The molecule has 0 unspecified atom stereocenters. The molecular weight excluding hydrogens is 568 g/mol. The summed E-state index contributed by atoms with van der Waals surface area (Å²) in [6.45, 7) is 1.22. The average molecular weight is 607 g/mol. The molecule has 0 aliphatic heterocycles. The molecule has 1 aliphatic rings. The molecule has 1 aromatic heterocycles. The quantitative estimate of drug-likeness (QED) is 0.154. The predicted octanol–water partition coefficient (Wildman–Crippen LogP) is 8.55. The van der Waals surface area contributed by atoms with E-state index in [4.69, 9.17) is 9.15 Å². The third-order valence-electron chi connectivity index (χ3n) is 8.15. The van der Waals surface area contributed by atoms with E-state index in [9.17, 15) is 8.42 Å². The molecule has 0 amide bonds. The number of nitrogens with zero attached hydrogens (tertiary/aromatic N) is 1. The summed E-state index contributed by atoms with van der Waals surface area (Å²) in [5, 5.41) is 3.71. The van der Waals surface area contributed by atoms with Crippen molar-refractivity contribution in [1.82, 2.24) is 9.62 Å². The van der Waals surface area contributed by atoms with Gasteiger partial charge in [0.15, 0.2) is 0 Å². The van der Waals surface area contributed by atoms with Gasteiger partial charge in [0.05, 0.1) is 17.7 Å². The molecule has 4 aromatic carbocycles. The molecule has 44 heavy (non-hydrogen) atoms. The van der Waals surface area contributed by atoms with Crippen molar-refractivity contribution in [2.24, 2.45) is 0 Å². The number of nitrogens with one attached hydrogen (secondary N) is 1. The first-order chi connectivity index (χ1) is 21.5. The van der Waals surface area contributed by atoms with Gasteiger partial charge in [-0.05, 0) is 83.6 Å². The summed E-state index contributed by atoms with van der Waals surface area (Å²) in [5.74, 6) is 1.83. The monoisotopic (exact) mass is 606 g/mol. The lowest BCUT2D eigenvalue weighted by Gasteiger charge is -2.23. The van der Waals surface area contributed by atoms with Gasteiger partial charge in [0, 0.05) is 19.1 Å². The van der Waals surface area contributed by atoms with Crippen LogP contribution in [0.3, 0.4) is 0 Å². The van der Waals surface area contributed by atoms with E-state index in [0.717, 1.165) is 23.2 Å². The highest BCUT2D eigenvalue weighted by Gasteiger charge is 2.26. The number of benzene rings is 4. The van der Waals surface area contributed by atoms with Crippen LogP contribution in [0.5, 0.6) is 11.5 Å². The van der Waals surface area contributed by atoms with E-state index in [1.807, 2.05) is 42.5 Å². The maximum Gasteiger partial charge on any atom is 0.243 e. The van der Waals surface area contributed by atoms with Gasteiger partial charge in [0.2, 0.25) is 10.0 Å². The zero-order valence-corrected chi connectivity index (χ0v) is 25.6. The Bertz CT molecular complexity index is 1700. The summed E-state index contributed by atoms with van der Waals surface area (Å²) >= 11 is 0. The number of hydrogen-bond donors (Lipinski definition) is 1. The van der Waals surface area contributed by atoms with Gasteiger partial charge in [0.25, 0.3) is 0 Å². The highest BCUT2D eigenvalue weighted by atomic mass is 32.2. The minimum Gasteiger partial charge on any atom is -0.468 e. The highest BCUT2D eigenvalue weighted by Crippen LogP contribution is 2.27. The Hall–Kier alpha value is -4.17. The summed E-state index contributed by atoms with van der Waals surface area (Å²) in [6, 6.07) is 36.9. The maximum absolute atomic E-state index is 13.8. The van der Waals surface area contributed by atoms with Gasteiger partial charge in [-0.1, -0.05) is 86.0 Å². The molecule has 226 valence electrons. The second kappa shape index (κ2) is 14.1. The van der Waals surface area contributed by atoms with Crippen LogP contribution >= 0.6 is 0 Å². The van der Waals surface area contributed by atoms with Crippen molar-refractivity contribution in [2.45, 2.75) is 62.7 Å². The number of rotatable bonds is 12. The molecule has 5 aromatic rings. The van der Waals surface area contributed by atoms with Crippen LogP contribution < -0.4 is 10.1 Å². The third kappa shape index (κ3) is 7.66. The molecule has 0 atom stereocenters. The van der Waals surface area contributed by atoms with Crippen molar-refractivity contribution in [3.8, 4) is 22.6 Å². The Morgan fingerprint density at radius 2 is 1.32 bits per heavy atom. The molecular formula is C37H38N2O4S. The second-order valence-electron chi connectivity index (χ2n) is 11.3. The minimum atomic E-state index is -3.83. The van der Waals surface area contributed by atoms with Crippen molar-refractivity contribution in [3.63, 3.8) is 0 Å². The van der Waals surface area contributed by atoms with Crippen LogP contribution in [0.2, 0.25) is 0 Å². The van der Waals surface area contributed by atoms with E-state index in [2.05, 4.69) is 41.7 Å². The van der Waals surface area contributed by atoms with Crippen LogP contribution in [0.25, 0.3) is 11.1 Å². The van der Waals surface area contributed by atoms with Crippen molar-refractivity contribution < 1.29 is 17.6 Å². The lowest BCUT2D eigenvalue weighted by molar-refractivity contribution is 0.358. The summed E-state index contributed by atoms with van der Waals surface area (Å²) in [4.78, 5) is 0.194. The molecule has 0 bridgehead atoms. The van der Waals surface area contributed by atoms with Gasteiger partial charge in [-0.15, -0.1) is 0 Å². The van der Waals surface area contributed by atoms with Crippen LogP contribution in [0.1, 0.15) is 49.0 Å². The molecule has 7 heteroatoms. The van der Waals surface area contributed by atoms with Crippen molar-refractivity contribution in [3.05, 3.63) is 138 Å². The Balaban J connectivity index is 1.14. The van der Waals surface area contributed by atoms with Crippen molar-refractivity contribution in [1.29, 1.82) is 0 Å². The Morgan fingerprint density at radius 3 is 1.95 bits per heavy atom. The molecule has 6 nitrogen and oxygen atoms in total. The van der Waals surface area contributed by atoms with E-state index in [1.54, 1.807) is 42.7 Å². The molecule has 0 radical (unpaired) electrons. The van der Waals surface area contributed by atoms with Crippen LogP contribution in [-0.4, -0.2) is 18.8 Å². The van der Waals surface area contributed by atoms with Gasteiger partial charge in [-0.2, -0.15) is 4.31 Å². The molecule has 1 aliphatic carbocycles. The maximum atomic E-state index is 13.8. The summed E-state index contributed by atoms with van der Waals surface area (Å²) in [6.07, 6.45) is 8.14.